The molecule has 0 aliphatic rings. The van der Waals surface area contributed by atoms with Gasteiger partial charge in [0.25, 0.3) is 5.91 Å². The van der Waals surface area contributed by atoms with Gasteiger partial charge >= 0.3 is 0 Å². The molecule has 1 N–H and O–H groups in total. The summed E-state index contributed by atoms with van der Waals surface area (Å²) in [6.45, 7) is 4.75. The van der Waals surface area contributed by atoms with Crippen LogP contribution in [0.15, 0.2) is 64.9 Å². The van der Waals surface area contributed by atoms with Gasteiger partial charge in [0.2, 0.25) is 0 Å². The Morgan fingerprint density at radius 3 is 2.52 bits per heavy atom. The van der Waals surface area contributed by atoms with E-state index in [4.69, 9.17) is 0 Å². The molecule has 3 rings (SSSR count). The Labute approximate surface area is 156 Å². The van der Waals surface area contributed by atoms with Crippen molar-refractivity contribution < 1.29 is 4.79 Å². The van der Waals surface area contributed by atoms with Crippen molar-refractivity contribution in [1.82, 2.24) is 10.3 Å². The minimum atomic E-state index is -0.0717. The third-order valence-corrected chi connectivity index (χ3v) is 5.37. The summed E-state index contributed by atoms with van der Waals surface area (Å²) in [6.07, 6.45) is 0. The highest BCUT2D eigenvalue weighted by Crippen LogP contribution is 2.23. The number of hydrogen-bond donors (Lipinski definition) is 1. The number of carbonyl (C=O) groups is 1. The number of nitrogens with zero attached hydrogens (tertiary/aromatic N) is 1. The van der Waals surface area contributed by atoms with Crippen molar-refractivity contribution >= 4 is 29.0 Å². The quantitative estimate of drug-likeness (QED) is 0.605. The molecule has 0 unspecified atom stereocenters. The van der Waals surface area contributed by atoms with Crippen molar-refractivity contribution in [2.75, 3.05) is 0 Å². The molecule has 1 aromatic heterocycles. The highest BCUT2D eigenvalue weighted by Gasteiger charge is 2.09. The molecule has 1 heterocycles. The molecule has 3 aromatic rings. The molecule has 25 heavy (non-hydrogen) atoms. The second-order valence-electron chi connectivity index (χ2n) is 5.87. The standard InChI is InChI=1S/C20H20N2OS2/c1-14(2)25-17-10-8-16(9-11-17)20(23)21-12-19-22-18(13-24-19)15-6-4-3-5-7-15/h3-11,13-14H,12H2,1-2H3,(H,21,23). The van der Waals surface area contributed by atoms with Gasteiger partial charge in [-0.15, -0.1) is 23.1 Å². The highest BCUT2D eigenvalue weighted by atomic mass is 32.2. The summed E-state index contributed by atoms with van der Waals surface area (Å²) in [7, 11) is 0. The van der Waals surface area contributed by atoms with Crippen LogP contribution in [0.25, 0.3) is 11.3 Å². The molecule has 0 bridgehead atoms. The van der Waals surface area contributed by atoms with Gasteiger partial charge in [-0.2, -0.15) is 0 Å². The first-order valence-electron chi connectivity index (χ1n) is 8.16. The third kappa shape index (κ3) is 4.94. The Bertz CT molecular complexity index is 826. The van der Waals surface area contributed by atoms with E-state index in [1.165, 1.54) is 4.90 Å². The van der Waals surface area contributed by atoms with E-state index in [0.29, 0.717) is 17.4 Å². The number of benzene rings is 2. The topological polar surface area (TPSA) is 42.0 Å². The fraction of sp³-hybridized carbons (Fsp3) is 0.200. The normalized spacial score (nSPS) is 10.8. The van der Waals surface area contributed by atoms with E-state index in [2.05, 4.69) is 24.1 Å². The summed E-state index contributed by atoms with van der Waals surface area (Å²) in [5.41, 5.74) is 2.72. The lowest BCUT2D eigenvalue weighted by Gasteiger charge is -2.06. The summed E-state index contributed by atoms with van der Waals surface area (Å²) >= 11 is 3.35. The number of nitrogens with one attached hydrogen (secondary N) is 1. The second-order valence-corrected chi connectivity index (χ2v) is 8.46. The average Bonchev–Trinajstić information content (AvgIpc) is 3.10. The predicted molar refractivity (Wildman–Crippen MR) is 106 cm³/mol. The molecular formula is C20H20N2OS2. The van der Waals surface area contributed by atoms with E-state index in [1.54, 1.807) is 23.1 Å². The molecule has 0 saturated carbocycles. The molecular weight excluding hydrogens is 348 g/mol. The van der Waals surface area contributed by atoms with Gasteiger partial charge in [-0.3, -0.25) is 4.79 Å². The predicted octanol–water partition coefficient (Wildman–Crippen LogP) is 5.24. The van der Waals surface area contributed by atoms with Gasteiger partial charge in [0, 0.05) is 26.7 Å². The van der Waals surface area contributed by atoms with Crippen LogP contribution in [0, 0.1) is 0 Å². The van der Waals surface area contributed by atoms with Crippen molar-refractivity contribution in [1.29, 1.82) is 0 Å². The first-order valence-corrected chi connectivity index (χ1v) is 9.92. The zero-order valence-electron chi connectivity index (χ0n) is 14.2. The van der Waals surface area contributed by atoms with Gasteiger partial charge in [0.15, 0.2) is 0 Å². The molecule has 0 spiro atoms. The largest absolute Gasteiger partial charge is 0.346 e. The van der Waals surface area contributed by atoms with E-state index in [9.17, 15) is 4.79 Å². The molecule has 1 amide bonds. The Kier molecular flexibility index (Phi) is 5.89. The molecule has 0 saturated heterocycles. The van der Waals surface area contributed by atoms with E-state index < -0.39 is 0 Å². The van der Waals surface area contributed by atoms with Gasteiger partial charge in [-0.05, 0) is 24.3 Å². The summed E-state index contributed by atoms with van der Waals surface area (Å²) in [5, 5.41) is 6.40. The first-order chi connectivity index (χ1) is 12.1. The summed E-state index contributed by atoms with van der Waals surface area (Å²) in [4.78, 5) is 18.1. The van der Waals surface area contributed by atoms with E-state index in [-0.39, 0.29) is 5.91 Å². The lowest BCUT2D eigenvalue weighted by atomic mass is 10.2. The molecule has 0 atom stereocenters. The van der Waals surface area contributed by atoms with Gasteiger partial charge in [0.05, 0.1) is 12.2 Å². The number of thiazole rings is 1. The maximum Gasteiger partial charge on any atom is 0.251 e. The van der Waals surface area contributed by atoms with Crippen molar-refractivity contribution in [2.45, 2.75) is 30.5 Å². The van der Waals surface area contributed by atoms with Crippen molar-refractivity contribution in [3.63, 3.8) is 0 Å². The van der Waals surface area contributed by atoms with Crippen molar-refractivity contribution in [2.24, 2.45) is 0 Å². The molecule has 0 aliphatic heterocycles. The summed E-state index contributed by atoms with van der Waals surface area (Å²) in [6, 6.07) is 17.8. The Morgan fingerprint density at radius 2 is 1.84 bits per heavy atom. The Morgan fingerprint density at radius 1 is 1.12 bits per heavy atom. The molecule has 0 radical (unpaired) electrons. The third-order valence-electron chi connectivity index (χ3n) is 3.51. The van der Waals surface area contributed by atoms with E-state index >= 15 is 0 Å². The number of aromatic nitrogens is 1. The zero-order valence-corrected chi connectivity index (χ0v) is 15.9. The lowest BCUT2D eigenvalue weighted by molar-refractivity contribution is 0.0951. The highest BCUT2D eigenvalue weighted by molar-refractivity contribution is 7.99. The Hall–Kier alpha value is -2.11. The van der Waals surface area contributed by atoms with Gasteiger partial charge in [0.1, 0.15) is 5.01 Å². The number of hydrogen-bond acceptors (Lipinski definition) is 4. The van der Waals surface area contributed by atoms with Crippen molar-refractivity contribution in [3.05, 3.63) is 70.5 Å². The minimum absolute atomic E-state index is 0.0717. The maximum atomic E-state index is 12.3. The van der Waals surface area contributed by atoms with E-state index in [0.717, 1.165) is 16.3 Å². The van der Waals surface area contributed by atoms with E-state index in [1.807, 2.05) is 60.0 Å². The molecule has 0 aliphatic carbocycles. The average molecular weight is 369 g/mol. The van der Waals surface area contributed by atoms with Crippen LogP contribution in [-0.4, -0.2) is 16.1 Å². The van der Waals surface area contributed by atoms with Crippen LogP contribution in [0.4, 0.5) is 0 Å². The molecule has 0 fully saturated rings. The van der Waals surface area contributed by atoms with Crippen LogP contribution >= 0.6 is 23.1 Å². The molecule has 2 aromatic carbocycles. The number of carbonyl (C=O) groups excluding carboxylic acids is 1. The first kappa shape index (κ1) is 17.7. The Balaban J connectivity index is 1.58. The van der Waals surface area contributed by atoms with Gasteiger partial charge < -0.3 is 5.32 Å². The molecule has 5 heteroatoms. The smallest absolute Gasteiger partial charge is 0.251 e. The van der Waals surface area contributed by atoms with Gasteiger partial charge in [-0.25, -0.2) is 4.98 Å². The minimum Gasteiger partial charge on any atom is -0.346 e. The number of thioether (sulfide) groups is 1. The zero-order chi connectivity index (χ0) is 17.6. The van der Waals surface area contributed by atoms with Crippen LogP contribution in [0.5, 0.6) is 0 Å². The van der Waals surface area contributed by atoms with Crippen LogP contribution in [0.3, 0.4) is 0 Å². The van der Waals surface area contributed by atoms with Gasteiger partial charge in [-0.1, -0.05) is 44.2 Å². The summed E-state index contributed by atoms with van der Waals surface area (Å²) < 4.78 is 0. The summed E-state index contributed by atoms with van der Waals surface area (Å²) in [5.74, 6) is -0.0717. The van der Waals surface area contributed by atoms with Crippen LogP contribution in [0.1, 0.15) is 29.2 Å². The number of rotatable bonds is 6. The van der Waals surface area contributed by atoms with Crippen LogP contribution in [-0.2, 0) is 6.54 Å². The maximum absolute atomic E-state index is 12.3. The lowest BCUT2D eigenvalue weighted by Crippen LogP contribution is -2.22. The monoisotopic (exact) mass is 368 g/mol. The van der Waals surface area contributed by atoms with Crippen molar-refractivity contribution in [3.8, 4) is 11.3 Å². The fourth-order valence-electron chi connectivity index (χ4n) is 2.35. The SMILES string of the molecule is CC(C)Sc1ccc(C(=O)NCc2nc(-c3ccccc3)cs2)cc1. The van der Waals surface area contributed by atoms with Crippen LogP contribution in [0.2, 0.25) is 0 Å². The number of amides is 1. The fourth-order valence-corrected chi connectivity index (χ4v) is 3.93. The second kappa shape index (κ2) is 8.32. The molecule has 128 valence electrons. The van der Waals surface area contributed by atoms with Crippen LogP contribution < -0.4 is 5.32 Å². The molecule has 3 nitrogen and oxygen atoms in total.